The Balaban J connectivity index is 1.76. The van der Waals surface area contributed by atoms with Gasteiger partial charge >= 0.3 is 12.4 Å². The molecule has 198 valence electrons. The van der Waals surface area contributed by atoms with Gasteiger partial charge in [0.25, 0.3) is 0 Å². The number of halogens is 8. The van der Waals surface area contributed by atoms with Crippen molar-refractivity contribution in [3.63, 3.8) is 0 Å². The summed E-state index contributed by atoms with van der Waals surface area (Å²) < 4.78 is 82.3. The van der Waals surface area contributed by atoms with E-state index in [0.717, 1.165) is 47.6 Å². The lowest BCUT2D eigenvalue weighted by Gasteiger charge is -2.43. The van der Waals surface area contributed by atoms with E-state index in [2.05, 4.69) is 4.99 Å². The van der Waals surface area contributed by atoms with Crippen LogP contribution < -0.4 is 4.80 Å². The molecule has 1 saturated carbocycles. The summed E-state index contributed by atoms with van der Waals surface area (Å²) >= 11 is 13.6. The molecule has 0 unspecified atom stereocenters. The molecule has 1 aliphatic carbocycles. The number of thiazole rings is 1. The van der Waals surface area contributed by atoms with E-state index in [4.69, 9.17) is 23.2 Å². The molecule has 1 fully saturated rings. The van der Waals surface area contributed by atoms with Crippen LogP contribution in [0.2, 0.25) is 10.0 Å². The van der Waals surface area contributed by atoms with E-state index in [9.17, 15) is 26.3 Å². The second-order valence-electron chi connectivity index (χ2n) is 9.01. The smallest absolute Gasteiger partial charge is 0.289 e. The van der Waals surface area contributed by atoms with Gasteiger partial charge < -0.3 is 0 Å². The summed E-state index contributed by atoms with van der Waals surface area (Å²) in [4.78, 5) is 4.70. The van der Waals surface area contributed by atoms with Crippen LogP contribution in [0.1, 0.15) is 41.6 Å². The number of benzene rings is 3. The zero-order chi connectivity index (χ0) is 27.3. The van der Waals surface area contributed by atoms with Gasteiger partial charge in [-0.15, -0.1) is 11.3 Å². The first-order valence-corrected chi connectivity index (χ1v) is 13.1. The average molecular weight is 587 g/mol. The van der Waals surface area contributed by atoms with Crippen molar-refractivity contribution >= 4 is 40.2 Å². The molecule has 5 rings (SSSR count). The maximum atomic E-state index is 13.6. The van der Waals surface area contributed by atoms with Crippen LogP contribution in [-0.2, 0) is 17.8 Å². The topological polar surface area (TPSA) is 17.3 Å². The summed E-state index contributed by atoms with van der Waals surface area (Å²) in [7, 11) is 0. The standard InChI is InChI=1S/C27H18Cl2F6N2S/c28-21-9-8-16(14-22(21)29)25(10-3-11-25)23-15-38-24(36-19-6-1-4-17(12-19)26(30,31)32)37(23)20-7-2-5-18(13-20)27(33,34)35/h1-2,4-9,12-15H,3,10-11H2. The fourth-order valence-corrected chi connectivity index (χ4v) is 5.98. The number of nitrogens with zero attached hydrogens (tertiary/aromatic N) is 2. The van der Waals surface area contributed by atoms with Crippen LogP contribution in [-0.4, -0.2) is 4.57 Å². The van der Waals surface area contributed by atoms with E-state index in [0.29, 0.717) is 28.6 Å². The first kappa shape index (κ1) is 26.8. The van der Waals surface area contributed by atoms with Crippen LogP contribution in [0.3, 0.4) is 0 Å². The highest BCUT2D eigenvalue weighted by Gasteiger charge is 2.43. The summed E-state index contributed by atoms with van der Waals surface area (Å²) in [6.07, 6.45) is -6.87. The van der Waals surface area contributed by atoms with Crippen molar-refractivity contribution in [3.05, 3.63) is 109 Å². The molecule has 38 heavy (non-hydrogen) atoms. The first-order chi connectivity index (χ1) is 17.9. The number of aromatic nitrogens is 1. The van der Waals surface area contributed by atoms with Gasteiger partial charge in [-0.05, 0) is 66.9 Å². The molecule has 0 aliphatic heterocycles. The van der Waals surface area contributed by atoms with Crippen molar-refractivity contribution in [2.24, 2.45) is 4.99 Å². The van der Waals surface area contributed by atoms with E-state index in [-0.39, 0.29) is 16.2 Å². The molecule has 0 amide bonds. The zero-order valence-corrected chi connectivity index (χ0v) is 21.7. The van der Waals surface area contributed by atoms with Gasteiger partial charge in [-0.1, -0.05) is 47.8 Å². The zero-order valence-electron chi connectivity index (χ0n) is 19.4. The van der Waals surface area contributed by atoms with Crippen molar-refractivity contribution in [1.82, 2.24) is 4.57 Å². The lowest BCUT2D eigenvalue weighted by atomic mass is 9.62. The van der Waals surface area contributed by atoms with Gasteiger partial charge in [0.05, 0.1) is 26.9 Å². The van der Waals surface area contributed by atoms with Crippen LogP contribution in [0.4, 0.5) is 32.0 Å². The Kier molecular flexibility index (Phi) is 6.90. The Hall–Kier alpha value is -2.75. The van der Waals surface area contributed by atoms with Gasteiger partial charge in [0.15, 0.2) is 4.80 Å². The number of rotatable bonds is 4. The molecule has 0 radical (unpaired) electrons. The van der Waals surface area contributed by atoms with Crippen LogP contribution in [0.25, 0.3) is 5.69 Å². The second-order valence-corrected chi connectivity index (χ2v) is 10.7. The van der Waals surface area contributed by atoms with Crippen LogP contribution in [0.5, 0.6) is 0 Å². The Morgan fingerprint density at radius 3 is 2.05 bits per heavy atom. The van der Waals surface area contributed by atoms with Crippen molar-refractivity contribution in [1.29, 1.82) is 0 Å². The maximum absolute atomic E-state index is 13.6. The van der Waals surface area contributed by atoms with E-state index in [1.165, 1.54) is 24.3 Å². The molecule has 0 spiro atoms. The average Bonchev–Trinajstić information content (AvgIpc) is 3.23. The molecule has 0 atom stereocenters. The highest BCUT2D eigenvalue weighted by Crippen LogP contribution is 2.50. The predicted molar refractivity (Wildman–Crippen MR) is 136 cm³/mol. The van der Waals surface area contributed by atoms with Crippen LogP contribution in [0.15, 0.2) is 77.1 Å². The molecule has 4 aromatic rings. The Morgan fingerprint density at radius 1 is 0.789 bits per heavy atom. The van der Waals surface area contributed by atoms with Gasteiger partial charge in [0.2, 0.25) is 0 Å². The molecule has 1 heterocycles. The van der Waals surface area contributed by atoms with E-state index in [1.54, 1.807) is 22.1 Å². The van der Waals surface area contributed by atoms with Crippen LogP contribution >= 0.6 is 34.5 Å². The summed E-state index contributed by atoms with van der Waals surface area (Å²) in [5.41, 5.74) is -0.534. The highest BCUT2D eigenvalue weighted by atomic mass is 35.5. The van der Waals surface area contributed by atoms with Gasteiger partial charge in [-0.3, -0.25) is 4.57 Å². The first-order valence-electron chi connectivity index (χ1n) is 11.4. The minimum absolute atomic E-state index is 0.0335. The maximum Gasteiger partial charge on any atom is 0.416 e. The summed E-state index contributed by atoms with van der Waals surface area (Å²) in [6, 6.07) is 14.6. The molecule has 0 N–H and O–H groups in total. The lowest BCUT2D eigenvalue weighted by molar-refractivity contribution is -0.138. The van der Waals surface area contributed by atoms with Crippen molar-refractivity contribution in [2.75, 3.05) is 0 Å². The fourth-order valence-electron chi connectivity index (χ4n) is 4.67. The molecule has 11 heteroatoms. The Labute approximate surface area is 227 Å². The molecule has 0 saturated heterocycles. The minimum Gasteiger partial charge on any atom is -0.289 e. The second kappa shape index (κ2) is 9.77. The third-order valence-corrected chi connectivity index (χ3v) is 8.27. The van der Waals surface area contributed by atoms with Crippen molar-refractivity contribution in [2.45, 2.75) is 37.0 Å². The summed E-state index contributed by atoms with van der Waals surface area (Å²) in [5.74, 6) is 0. The normalized spacial score (nSPS) is 15.9. The molecule has 0 bridgehead atoms. The quantitative estimate of drug-likeness (QED) is 0.212. The van der Waals surface area contributed by atoms with Gasteiger partial charge in [0, 0.05) is 22.2 Å². The van der Waals surface area contributed by atoms with Crippen molar-refractivity contribution < 1.29 is 26.3 Å². The van der Waals surface area contributed by atoms with Crippen molar-refractivity contribution in [3.8, 4) is 5.69 Å². The Morgan fingerprint density at radius 2 is 1.45 bits per heavy atom. The fraction of sp³-hybridized carbons (Fsp3) is 0.222. The SMILES string of the molecule is FC(F)(F)c1cccc(N=c2scc(C3(c4ccc(Cl)c(Cl)c4)CCC3)n2-c2cccc(C(F)(F)F)c2)c1. The lowest BCUT2D eigenvalue weighted by Crippen LogP contribution is -2.38. The third-order valence-electron chi connectivity index (χ3n) is 6.71. The number of hydrogen-bond donors (Lipinski definition) is 0. The summed E-state index contributed by atoms with van der Waals surface area (Å²) in [6.45, 7) is 0. The summed E-state index contributed by atoms with van der Waals surface area (Å²) in [5, 5.41) is 2.53. The van der Waals surface area contributed by atoms with Gasteiger partial charge in [-0.2, -0.15) is 26.3 Å². The minimum atomic E-state index is -4.58. The van der Waals surface area contributed by atoms with Gasteiger partial charge in [0.1, 0.15) is 0 Å². The van der Waals surface area contributed by atoms with E-state index >= 15 is 0 Å². The largest absolute Gasteiger partial charge is 0.416 e. The monoisotopic (exact) mass is 586 g/mol. The van der Waals surface area contributed by atoms with E-state index in [1.807, 2.05) is 6.07 Å². The number of alkyl halides is 6. The molecule has 2 nitrogen and oxygen atoms in total. The Bertz CT molecular complexity index is 1560. The molecule has 1 aliphatic rings. The molecular weight excluding hydrogens is 569 g/mol. The van der Waals surface area contributed by atoms with Crippen LogP contribution in [0, 0.1) is 0 Å². The number of hydrogen-bond acceptors (Lipinski definition) is 2. The molecule has 1 aromatic heterocycles. The highest BCUT2D eigenvalue weighted by molar-refractivity contribution is 7.07. The predicted octanol–water partition coefficient (Wildman–Crippen LogP) is 9.59. The van der Waals surface area contributed by atoms with E-state index < -0.39 is 28.9 Å². The molecule has 3 aromatic carbocycles. The van der Waals surface area contributed by atoms with Gasteiger partial charge in [-0.25, -0.2) is 4.99 Å². The third kappa shape index (κ3) is 4.99. The molecular formula is C27H18Cl2F6N2S.